The largest absolute Gasteiger partial charge is 0.454 e. The van der Waals surface area contributed by atoms with Gasteiger partial charge in [0.25, 0.3) is 0 Å². The second kappa shape index (κ2) is 14.2. The number of imide groups is 1. The van der Waals surface area contributed by atoms with Crippen LogP contribution < -0.4 is 4.90 Å². The van der Waals surface area contributed by atoms with E-state index in [1.807, 2.05) is 30.3 Å². The van der Waals surface area contributed by atoms with Crippen molar-refractivity contribution in [2.75, 3.05) is 11.5 Å². The number of pyridine rings is 1. The molecule has 50 heavy (non-hydrogen) atoms. The number of aromatic nitrogens is 1. The number of alkyl halides is 3. The molecular weight excluding hydrogens is 667 g/mol. The number of halogens is 3. The predicted octanol–water partition coefficient (Wildman–Crippen LogP) is 7.77. The third kappa shape index (κ3) is 7.18. The van der Waals surface area contributed by atoms with Crippen LogP contribution in [-0.4, -0.2) is 40.4 Å². The third-order valence-electron chi connectivity index (χ3n) is 7.84. The molecule has 1 saturated heterocycles. The molecule has 1 atom stereocenters. The molecule has 1 aromatic heterocycles. The lowest BCUT2D eigenvalue weighted by Gasteiger charge is -2.17. The summed E-state index contributed by atoms with van der Waals surface area (Å²) in [5.41, 5.74) is 0.856. The van der Waals surface area contributed by atoms with Crippen molar-refractivity contribution in [1.82, 2.24) is 4.98 Å². The van der Waals surface area contributed by atoms with E-state index in [9.17, 15) is 37.6 Å². The number of esters is 1. The molecule has 248 valence electrons. The van der Waals surface area contributed by atoms with Crippen LogP contribution in [0.15, 0.2) is 120 Å². The zero-order valence-corrected chi connectivity index (χ0v) is 26.7. The second-order valence-electron chi connectivity index (χ2n) is 11.1. The maximum absolute atomic E-state index is 14.0. The van der Waals surface area contributed by atoms with Gasteiger partial charge >= 0.3 is 12.1 Å². The highest BCUT2D eigenvalue weighted by molar-refractivity contribution is 8.00. The number of thioether (sulfide) groups is 1. The molecule has 2 amide bonds. The van der Waals surface area contributed by atoms with Crippen molar-refractivity contribution in [1.29, 1.82) is 5.26 Å². The molecule has 0 spiro atoms. The standard InChI is InChI=1S/C38H24F3N3O5S/c39-38(40,41)30-19-31(25-9-5-2-6-10-25)43-35(29(30)21-42)50-33-20-34(46)44(36(33)47)28-17-15-27(16-18-28)37(48)49-22-32(45)26-13-11-24(12-14-26)23-7-3-1-4-8-23/h1-19,33H,20,22H2. The molecule has 1 unspecified atom stereocenters. The summed E-state index contributed by atoms with van der Waals surface area (Å²) in [4.78, 5) is 56.9. The quantitative estimate of drug-likeness (QED) is 0.0875. The Hall–Kier alpha value is -6.06. The highest BCUT2D eigenvalue weighted by Gasteiger charge is 2.42. The fraction of sp³-hybridized carbons (Fsp3) is 0.105. The van der Waals surface area contributed by atoms with Crippen molar-refractivity contribution in [2.45, 2.75) is 22.9 Å². The van der Waals surface area contributed by atoms with E-state index in [-0.39, 0.29) is 28.4 Å². The first-order chi connectivity index (χ1) is 24.0. The summed E-state index contributed by atoms with van der Waals surface area (Å²) in [6.07, 6.45) is -5.23. The molecule has 1 aliphatic heterocycles. The van der Waals surface area contributed by atoms with E-state index < -0.39 is 52.7 Å². The van der Waals surface area contributed by atoms with Crippen molar-refractivity contribution in [3.8, 4) is 28.5 Å². The van der Waals surface area contributed by atoms with E-state index in [1.54, 1.807) is 60.7 Å². The van der Waals surface area contributed by atoms with Crippen LogP contribution in [0.3, 0.4) is 0 Å². The van der Waals surface area contributed by atoms with Gasteiger partial charge in [-0.3, -0.25) is 14.4 Å². The fourth-order valence-electron chi connectivity index (χ4n) is 5.32. The Morgan fingerprint density at radius 2 is 1.42 bits per heavy atom. The summed E-state index contributed by atoms with van der Waals surface area (Å²) in [5, 5.41) is 8.18. The number of nitriles is 1. The smallest absolute Gasteiger partial charge is 0.417 e. The molecule has 1 aliphatic rings. The molecule has 6 rings (SSSR count). The van der Waals surface area contributed by atoms with Gasteiger partial charge in [-0.1, -0.05) is 96.7 Å². The number of carbonyl (C=O) groups is 4. The minimum Gasteiger partial charge on any atom is -0.454 e. The number of anilines is 1. The van der Waals surface area contributed by atoms with Crippen LogP contribution >= 0.6 is 11.8 Å². The van der Waals surface area contributed by atoms with Gasteiger partial charge in [-0.25, -0.2) is 14.7 Å². The molecule has 5 aromatic rings. The fourth-order valence-corrected chi connectivity index (χ4v) is 6.45. The highest BCUT2D eigenvalue weighted by Crippen LogP contribution is 2.41. The number of amides is 2. The van der Waals surface area contributed by atoms with Crippen LogP contribution in [0.25, 0.3) is 22.4 Å². The van der Waals surface area contributed by atoms with Crippen LogP contribution in [0.1, 0.15) is 38.3 Å². The summed E-state index contributed by atoms with van der Waals surface area (Å²) in [7, 11) is 0. The minimum absolute atomic E-state index is 0.0433. The van der Waals surface area contributed by atoms with E-state index in [0.717, 1.165) is 22.1 Å². The Morgan fingerprint density at radius 1 is 0.840 bits per heavy atom. The Bertz CT molecular complexity index is 2130. The molecule has 0 saturated carbocycles. The van der Waals surface area contributed by atoms with Gasteiger partial charge in [0.05, 0.1) is 33.3 Å². The Kier molecular flexibility index (Phi) is 9.60. The highest BCUT2D eigenvalue weighted by atomic mass is 32.2. The molecule has 1 fully saturated rings. The zero-order valence-electron chi connectivity index (χ0n) is 25.9. The topological polar surface area (TPSA) is 117 Å². The summed E-state index contributed by atoms with van der Waals surface area (Å²) in [5.74, 6) is -2.55. The van der Waals surface area contributed by atoms with Crippen molar-refractivity contribution < 1.29 is 37.1 Å². The number of carbonyl (C=O) groups excluding carboxylic acids is 4. The molecule has 12 heteroatoms. The van der Waals surface area contributed by atoms with E-state index in [2.05, 4.69) is 4.98 Å². The monoisotopic (exact) mass is 691 g/mol. The zero-order chi connectivity index (χ0) is 35.4. The first-order valence-corrected chi connectivity index (χ1v) is 16.0. The number of rotatable bonds is 9. The first-order valence-electron chi connectivity index (χ1n) is 15.1. The normalized spacial score (nSPS) is 14.4. The van der Waals surface area contributed by atoms with Gasteiger partial charge in [0.15, 0.2) is 12.4 Å². The molecule has 8 nitrogen and oxygen atoms in total. The Morgan fingerprint density at radius 3 is 2.02 bits per heavy atom. The predicted molar refractivity (Wildman–Crippen MR) is 179 cm³/mol. The van der Waals surface area contributed by atoms with E-state index in [4.69, 9.17) is 4.74 Å². The average Bonchev–Trinajstić information content (AvgIpc) is 3.41. The van der Waals surface area contributed by atoms with Crippen LogP contribution in [0, 0.1) is 11.3 Å². The lowest BCUT2D eigenvalue weighted by atomic mass is 10.0. The van der Waals surface area contributed by atoms with Crippen LogP contribution in [0.2, 0.25) is 0 Å². The van der Waals surface area contributed by atoms with E-state index in [1.165, 1.54) is 24.3 Å². The summed E-state index contributed by atoms with van der Waals surface area (Å²) >= 11 is 0.615. The van der Waals surface area contributed by atoms with Crippen molar-refractivity contribution in [3.05, 3.63) is 138 Å². The summed E-state index contributed by atoms with van der Waals surface area (Å²) < 4.78 is 47.2. The second-order valence-corrected chi connectivity index (χ2v) is 12.3. The molecule has 0 radical (unpaired) electrons. The molecular formula is C38H24F3N3O5S. The number of hydrogen-bond donors (Lipinski definition) is 0. The van der Waals surface area contributed by atoms with Gasteiger partial charge in [0.1, 0.15) is 11.1 Å². The van der Waals surface area contributed by atoms with Crippen molar-refractivity contribution in [3.63, 3.8) is 0 Å². The van der Waals surface area contributed by atoms with Crippen molar-refractivity contribution in [2.24, 2.45) is 0 Å². The van der Waals surface area contributed by atoms with Gasteiger partial charge in [-0.2, -0.15) is 18.4 Å². The van der Waals surface area contributed by atoms with E-state index in [0.29, 0.717) is 22.9 Å². The summed E-state index contributed by atoms with van der Waals surface area (Å²) in [6.45, 7) is -0.506. The number of ketones is 1. The number of Topliss-reactive ketones (excluding diaryl/α,β-unsaturated/α-hetero) is 1. The Labute approximate surface area is 288 Å². The van der Waals surface area contributed by atoms with Gasteiger partial charge in [-0.05, 0) is 41.5 Å². The SMILES string of the molecule is N#Cc1c(C(F)(F)F)cc(-c2ccccc2)nc1SC1CC(=O)N(c2ccc(C(=O)OCC(=O)c3ccc(-c4ccccc4)cc3)cc2)C1=O. The average molecular weight is 692 g/mol. The third-order valence-corrected chi connectivity index (χ3v) is 9.01. The number of benzene rings is 4. The van der Waals surface area contributed by atoms with Gasteiger partial charge in [0.2, 0.25) is 11.8 Å². The first kappa shape index (κ1) is 33.8. The van der Waals surface area contributed by atoms with Crippen LogP contribution in [0.5, 0.6) is 0 Å². The Balaban J connectivity index is 1.13. The molecule has 0 bridgehead atoms. The molecule has 0 N–H and O–H groups in total. The molecule has 4 aromatic carbocycles. The van der Waals surface area contributed by atoms with E-state index >= 15 is 0 Å². The van der Waals surface area contributed by atoms with Crippen molar-refractivity contribution >= 4 is 41.0 Å². The summed E-state index contributed by atoms with van der Waals surface area (Å²) in [6, 6.07) is 32.3. The van der Waals surface area contributed by atoms with Crippen LogP contribution in [-0.2, 0) is 20.5 Å². The molecule has 0 aliphatic carbocycles. The number of hydrogen-bond acceptors (Lipinski definition) is 8. The molecule has 2 heterocycles. The minimum atomic E-state index is -4.88. The lowest BCUT2D eigenvalue weighted by molar-refractivity contribution is -0.138. The maximum atomic E-state index is 14.0. The maximum Gasteiger partial charge on any atom is 0.417 e. The van der Waals surface area contributed by atoms with Gasteiger partial charge in [-0.15, -0.1) is 0 Å². The van der Waals surface area contributed by atoms with Gasteiger partial charge in [0, 0.05) is 17.5 Å². The number of ether oxygens (including phenoxy) is 1. The van der Waals surface area contributed by atoms with Crippen LogP contribution in [0.4, 0.5) is 18.9 Å². The van der Waals surface area contributed by atoms with Gasteiger partial charge < -0.3 is 4.74 Å². The number of nitrogens with zero attached hydrogens (tertiary/aromatic N) is 3. The lowest BCUT2D eigenvalue weighted by Crippen LogP contribution is -2.31.